The third kappa shape index (κ3) is 3.70. The summed E-state index contributed by atoms with van der Waals surface area (Å²) < 4.78 is 5.42. The largest absolute Gasteiger partial charge is 0.444 e. The van der Waals surface area contributed by atoms with Crippen molar-refractivity contribution in [2.75, 3.05) is 18.4 Å². The third-order valence-corrected chi connectivity index (χ3v) is 4.10. The molecule has 0 aliphatic carbocycles. The minimum atomic E-state index is -0.486. The van der Waals surface area contributed by atoms with Crippen LogP contribution in [-0.4, -0.2) is 45.9 Å². The number of rotatable bonds is 2. The van der Waals surface area contributed by atoms with Crippen LogP contribution in [-0.2, 0) is 4.74 Å². The lowest BCUT2D eigenvalue weighted by Gasteiger charge is -2.24. The summed E-state index contributed by atoms with van der Waals surface area (Å²) in [5, 5.41) is 13.7. The van der Waals surface area contributed by atoms with Gasteiger partial charge in [0, 0.05) is 29.9 Å². The predicted octanol–water partition coefficient (Wildman–Crippen LogP) is 3.70. The molecule has 2 heterocycles. The maximum absolute atomic E-state index is 12.1. The van der Waals surface area contributed by atoms with E-state index in [9.17, 15) is 4.79 Å². The minimum Gasteiger partial charge on any atom is -0.444 e. The molecule has 1 saturated heterocycles. The lowest BCUT2D eigenvalue weighted by atomic mass is 10.2. The maximum atomic E-state index is 12.1. The van der Waals surface area contributed by atoms with Crippen LogP contribution < -0.4 is 5.32 Å². The van der Waals surface area contributed by atoms with Crippen molar-refractivity contribution in [1.29, 1.82) is 0 Å². The molecule has 1 aliphatic heterocycles. The molecule has 1 fully saturated rings. The summed E-state index contributed by atoms with van der Waals surface area (Å²) in [6.45, 7) is 6.84. The van der Waals surface area contributed by atoms with Crippen LogP contribution in [0.1, 0.15) is 27.2 Å². The first-order valence-corrected chi connectivity index (χ1v) is 8.37. The second-order valence-electron chi connectivity index (χ2n) is 6.94. The molecule has 1 N–H and O–H groups in total. The summed E-state index contributed by atoms with van der Waals surface area (Å²) in [5.74, 6) is 0.686. The highest BCUT2D eigenvalue weighted by Crippen LogP contribution is 2.27. The quantitative estimate of drug-likeness (QED) is 0.896. The van der Waals surface area contributed by atoms with Gasteiger partial charge in [0.15, 0.2) is 11.0 Å². The molecular formula is C17H21ClN4O2. The molecule has 0 radical (unpaired) electrons. The first-order chi connectivity index (χ1) is 11.3. The molecule has 0 spiro atoms. The normalized spacial score (nSPS) is 18.0. The van der Waals surface area contributed by atoms with Crippen molar-refractivity contribution < 1.29 is 9.53 Å². The van der Waals surface area contributed by atoms with E-state index in [0.717, 1.165) is 17.2 Å². The van der Waals surface area contributed by atoms with Gasteiger partial charge in [-0.25, -0.2) is 4.79 Å². The molecule has 24 heavy (non-hydrogen) atoms. The number of nitrogens with one attached hydrogen (secondary N) is 1. The van der Waals surface area contributed by atoms with Crippen molar-refractivity contribution >= 4 is 34.3 Å². The number of benzene rings is 1. The highest BCUT2D eigenvalue weighted by Gasteiger charge is 2.30. The van der Waals surface area contributed by atoms with Gasteiger partial charge in [0.1, 0.15) is 5.60 Å². The number of anilines is 1. The molecular weight excluding hydrogens is 328 g/mol. The third-order valence-electron chi connectivity index (χ3n) is 3.82. The number of carbonyl (C=O) groups excluding carboxylic acids is 1. The second kappa shape index (κ2) is 6.43. The first-order valence-electron chi connectivity index (χ1n) is 7.99. The highest BCUT2D eigenvalue weighted by atomic mass is 35.5. The van der Waals surface area contributed by atoms with Gasteiger partial charge < -0.3 is 15.0 Å². The predicted molar refractivity (Wildman–Crippen MR) is 94.4 cm³/mol. The molecule has 2 aromatic rings. The number of hydrogen-bond donors (Lipinski definition) is 1. The molecule has 7 heteroatoms. The number of likely N-dealkylation sites (tertiary alicyclic amines) is 1. The van der Waals surface area contributed by atoms with E-state index in [1.54, 1.807) is 4.90 Å². The molecule has 1 atom stereocenters. The summed E-state index contributed by atoms with van der Waals surface area (Å²) >= 11 is 6.10. The summed E-state index contributed by atoms with van der Waals surface area (Å²) in [5.41, 5.74) is -0.486. The van der Waals surface area contributed by atoms with Crippen molar-refractivity contribution in [3.63, 3.8) is 0 Å². The highest BCUT2D eigenvalue weighted by molar-refractivity contribution is 6.34. The maximum Gasteiger partial charge on any atom is 0.410 e. The van der Waals surface area contributed by atoms with E-state index in [-0.39, 0.29) is 12.1 Å². The van der Waals surface area contributed by atoms with Gasteiger partial charge in [0.05, 0.1) is 0 Å². The van der Waals surface area contributed by atoms with Gasteiger partial charge in [-0.2, -0.15) is 0 Å². The molecule has 128 valence electrons. The molecule has 1 aliphatic rings. The number of hydrogen-bond acceptors (Lipinski definition) is 5. The van der Waals surface area contributed by atoms with E-state index in [2.05, 4.69) is 15.5 Å². The Kier molecular flexibility index (Phi) is 4.49. The van der Waals surface area contributed by atoms with Gasteiger partial charge in [-0.3, -0.25) is 0 Å². The molecule has 3 rings (SSSR count). The van der Waals surface area contributed by atoms with Crippen LogP contribution in [0.25, 0.3) is 10.8 Å². The fourth-order valence-electron chi connectivity index (χ4n) is 2.74. The van der Waals surface area contributed by atoms with E-state index in [1.165, 1.54) is 0 Å². The average molecular weight is 349 g/mol. The molecule has 1 aromatic heterocycles. The van der Waals surface area contributed by atoms with E-state index < -0.39 is 5.60 Å². The zero-order chi connectivity index (χ0) is 17.3. The van der Waals surface area contributed by atoms with Crippen LogP contribution in [0.15, 0.2) is 24.3 Å². The zero-order valence-electron chi connectivity index (χ0n) is 14.0. The lowest BCUT2D eigenvalue weighted by molar-refractivity contribution is 0.0293. The van der Waals surface area contributed by atoms with Gasteiger partial charge in [-0.05, 0) is 27.2 Å². The molecule has 1 aromatic carbocycles. The Bertz CT molecular complexity index is 760. The van der Waals surface area contributed by atoms with Crippen LogP contribution in [0.5, 0.6) is 0 Å². The van der Waals surface area contributed by atoms with Crippen LogP contribution in [0, 0.1) is 0 Å². The van der Waals surface area contributed by atoms with Crippen molar-refractivity contribution in [3.05, 3.63) is 29.4 Å². The number of nitrogens with zero attached hydrogens (tertiary/aromatic N) is 3. The lowest BCUT2D eigenvalue weighted by Crippen LogP contribution is -2.36. The zero-order valence-corrected chi connectivity index (χ0v) is 14.8. The van der Waals surface area contributed by atoms with Crippen molar-refractivity contribution in [2.24, 2.45) is 0 Å². The minimum absolute atomic E-state index is 0.108. The Morgan fingerprint density at radius 2 is 2.00 bits per heavy atom. The summed E-state index contributed by atoms with van der Waals surface area (Å²) in [6, 6.07) is 7.83. The topological polar surface area (TPSA) is 67.3 Å². The van der Waals surface area contributed by atoms with E-state index in [4.69, 9.17) is 16.3 Å². The Labute approximate surface area is 146 Å². The van der Waals surface area contributed by atoms with Crippen LogP contribution in [0.3, 0.4) is 0 Å². The summed E-state index contributed by atoms with van der Waals surface area (Å²) in [4.78, 5) is 13.9. The molecule has 0 bridgehead atoms. The number of aromatic nitrogens is 2. The van der Waals surface area contributed by atoms with Gasteiger partial charge >= 0.3 is 6.09 Å². The van der Waals surface area contributed by atoms with Crippen LogP contribution in [0.2, 0.25) is 5.15 Å². The van der Waals surface area contributed by atoms with Crippen LogP contribution >= 0.6 is 11.6 Å². The van der Waals surface area contributed by atoms with Gasteiger partial charge in [-0.15, -0.1) is 10.2 Å². The van der Waals surface area contributed by atoms with Gasteiger partial charge in [0.25, 0.3) is 0 Å². The van der Waals surface area contributed by atoms with Crippen molar-refractivity contribution in [1.82, 2.24) is 15.1 Å². The second-order valence-corrected chi connectivity index (χ2v) is 7.30. The molecule has 6 nitrogen and oxygen atoms in total. The number of halogens is 1. The Hall–Kier alpha value is -2.08. The molecule has 1 unspecified atom stereocenters. The number of amides is 1. The van der Waals surface area contributed by atoms with Crippen molar-refractivity contribution in [2.45, 2.75) is 38.8 Å². The summed E-state index contributed by atoms with van der Waals surface area (Å²) in [6.07, 6.45) is 0.552. The number of fused-ring (bicyclic) bond motifs is 1. The Balaban J connectivity index is 1.70. The first kappa shape index (κ1) is 16.8. The Morgan fingerprint density at radius 1 is 1.29 bits per heavy atom. The smallest absolute Gasteiger partial charge is 0.410 e. The fourth-order valence-corrected chi connectivity index (χ4v) is 2.94. The van der Waals surface area contributed by atoms with E-state index in [1.807, 2.05) is 45.0 Å². The standard InChI is InChI=1S/C17H21ClN4O2/c1-17(2,3)24-16(23)22-9-8-11(10-22)19-15-13-7-5-4-6-12(13)14(18)20-21-15/h4-7,11H,8-10H2,1-3H3,(H,19,21). The van der Waals surface area contributed by atoms with Crippen LogP contribution in [0.4, 0.5) is 10.6 Å². The van der Waals surface area contributed by atoms with Gasteiger partial charge in [0.2, 0.25) is 0 Å². The van der Waals surface area contributed by atoms with Crippen molar-refractivity contribution in [3.8, 4) is 0 Å². The Morgan fingerprint density at radius 3 is 2.71 bits per heavy atom. The molecule has 1 amide bonds. The molecule has 0 saturated carbocycles. The number of ether oxygens (including phenoxy) is 1. The van der Waals surface area contributed by atoms with E-state index in [0.29, 0.717) is 24.1 Å². The average Bonchev–Trinajstić information content (AvgIpc) is 2.98. The monoisotopic (exact) mass is 348 g/mol. The SMILES string of the molecule is CC(C)(C)OC(=O)N1CCC(Nc2nnc(Cl)c3ccccc23)C1. The van der Waals surface area contributed by atoms with E-state index >= 15 is 0 Å². The summed E-state index contributed by atoms with van der Waals surface area (Å²) in [7, 11) is 0. The fraction of sp³-hybridized carbons (Fsp3) is 0.471. The van der Waals surface area contributed by atoms with Gasteiger partial charge in [-0.1, -0.05) is 35.9 Å². The number of carbonyl (C=O) groups is 1.